The molecule has 0 spiro atoms. The summed E-state index contributed by atoms with van der Waals surface area (Å²) in [4.78, 5) is 0. The van der Waals surface area contributed by atoms with Crippen LogP contribution in [-0.4, -0.2) is 10.9 Å². The predicted molar refractivity (Wildman–Crippen MR) is 65.9 cm³/mol. The van der Waals surface area contributed by atoms with E-state index in [1.54, 1.807) is 6.07 Å². The minimum absolute atomic E-state index is 0.233. The molecule has 2 rings (SSSR count). The molecular weight excluding hydrogens is 217 g/mol. The van der Waals surface area contributed by atoms with E-state index in [2.05, 4.69) is 5.16 Å². The fraction of sp³-hybridized carbons (Fsp3) is 0.500. The van der Waals surface area contributed by atoms with E-state index >= 15 is 0 Å². The van der Waals surface area contributed by atoms with Gasteiger partial charge in [-0.05, 0) is 30.5 Å². The van der Waals surface area contributed by atoms with Gasteiger partial charge in [0.15, 0.2) is 0 Å². The summed E-state index contributed by atoms with van der Waals surface area (Å²) in [6.45, 7) is 0. The van der Waals surface area contributed by atoms with Crippen LogP contribution in [0, 0.1) is 11.7 Å². The van der Waals surface area contributed by atoms with Crippen LogP contribution in [0.5, 0.6) is 0 Å². The maximum Gasteiger partial charge on any atom is 0.123 e. The number of oxime groups is 1. The third kappa shape index (κ3) is 3.29. The molecule has 0 heterocycles. The summed E-state index contributed by atoms with van der Waals surface area (Å²) in [6, 6.07) is 6.51. The number of rotatable bonds is 3. The molecule has 0 radical (unpaired) electrons. The van der Waals surface area contributed by atoms with Crippen molar-refractivity contribution in [3.8, 4) is 0 Å². The fourth-order valence-corrected chi connectivity index (χ4v) is 2.55. The summed E-state index contributed by atoms with van der Waals surface area (Å²) in [7, 11) is 0. The van der Waals surface area contributed by atoms with Gasteiger partial charge in [0, 0.05) is 12.3 Å². The van der Waals surface area contributed by atoms with E-state index in [0.717, 1.165) is 24.1 Å². The topological polar surface area (TPSA) is 32.6 Å². The minimum Gasteiger partial charge on any atom is -0.411 e. The highest BCUT2D eigenvalue weighted by Crippen LogP contribution is 2.26. The highest BCUT2D eigenvalue weighted by Gasteiger charge is 2.20. The predicted octanol–water partition coefficient (Wildman–Crippen LogP) is 3.78. The molecule has 0 unspecified atom stereocenters. The second-order valence-corrected chi connectivity index (χ2v) is 4.73. The molecular formula is C14H18FNO. The normalized spacial score (nSPS) is 18.3. The lowest BCUT2D eigenvalue weighted by molar-refractivity contribution is 0.308. The van der Waals surface area contributed by atoms with Crippen LogP contribution in [0.1, 0.15) is 37.7 Å². The molecule has 1 saturated carbocycles. The largest absolute Gasteiger partial charge is 0.411 e. The average Bonchev–Trinajstić information content (AvgIpc) is 2.37. The first-order valence-electron chi connectivity index (χ1n) is 6.25. The fourth-order valence-electron chi connectivity index (χ4n) is 2.55. The Labute approximate surface area is 101 Å². The standard InChI is InChI=1S/C14H18FNO/c15-13-8-4-5-11(9-13)10-14(16-17)12-6-2-1-3-7-12/h4-5,8-9,12,17H,1-3,6-7,10H2. The van der Waals surface area contributed by atoms with Crippen molar-refractivity contribution in [1.29, 1.82) is 0 Å². The number of halogens is 1. The summed E-state index contributed by atoms with van der Waals surface area (Å²) in [5.74, 6) is 0.139. The molecule has 0 atom stereocenters. The highest BCUT2D eigenvalue weighted by molar-refractivity contribution is 5.88. The van der Waals surface area contributed by atoms with E-state index in [0.29, 0.717) is 12.3 Å². The van der Waals surface area contributed by atoms with Gasteiger partial charge in [-0.3, -0.25) is 0 Å². The zero-order valence-electron chi connectivity index (χ0n) is 9.90. The first kappa shape index (κ1) is 12.1. The molecule has 92 valence electrons. The second-order valence-electron chi connectivity index (χ2n) is 4.73. The van der Waals surface area contributed by atoms with Crippen LogP contribution in [0.3, 0.4) is 0 Å². The lowest BCUT2D eigenvalue weighted by Crippen LogP contribution is -2.20. The number of benzene rings is 1. The molecule has 1 aromatic rings. The molecule has 0 amide bonds. The molecule has 17 heavy (non-hydrogen) atoms. The zero-order valence-corrected chi connectivity index (χ0v) is 9.90. The van der Waals surface area contributed by atoms with Crippen LogP contribution < -0.4 is 0 Å². The van der Waals surface area contributed by atoms with Crippen molar-refractivity contribution in [1.82, 2.24) is 0 Å². The molecule has 1 N–H and O–H groups in total. The molecule has 0 bridgehead atoms. The van der Waals surface area contributed by atoms with Gasteiger partial charge in [0.05, 0.1) is 5.71 Å². The second kappa shape index (κ2) is 5.80. The lowest BCUT2D eigenvalue weighted by atomic mass is 9.84. The van der Waals surface area contributed by atoms with E-state index in [1.165, 1.54) is 31.4 Å². The van der Waals surface area contributed by atoms with E-state index in [4.69, 9.17) is 5.21 Å². The Bertz CT molecular complexity index is 397. The first-order valence-corrected chi connectivity index (χ1v) is 6.25. The Morgan fingerprint density at radius 2 is 2.06 bits per heavy atom. The van der Waals surface area contributed by atoms with Crippen molar-refractivity contribution in [2.75, 3.05) is 0 Å². The van der Waals surface area contributed by atoms with Crippen molar-refractivity contribution < 1.29 is 9.60 Å². The Kier molecular flexibility index (Phi) is 4.13. The molecule has 0 saturated heterocycles. The average molecular weight is 235 g/mol. The molecule has 1 aliphatic carbocycles. The zero-order chi connectivity index (χ0) is 12.1. The quantitative estimate of drug-likeness (QED) is 0.482. The Balaban J connectivity index is 2.04. The number of hydrogen-bond acceptors (Lipinski definition) is 2. The maximum atomic E-state index is 13.1. The number of nitrogens with zero attached hydrogens (tertiary/aromatic N) is 1. The number of hydrogen-bond donors (Lipinski definition) is 1. The maximum absolute atomic E-state index is 13.1. The van der Waals surface area contributed by atoms with Crippen LogP contribution in [0.15, 0.2) is 29.4 Å². The summed E-state index contributed by atoms with van der Waals surface area (Å²) < 4.78 is 13.1. The Morgan fingerprint density at radius 3 is 2.71 bits per heavy atom. The van der Waals surface area contributed by atoms with Gasteiger partial charge in [-0.25, -0.2) is 4.39 Å². The van der Waals surface area contributed by atoms with E-state index in [1.807, 2.05) is 6.07 Å². The molecule has 3 heteroatoms. The molecule has 2 nitrogen and oxygen atoms in total. The van der Waals surface area contributed by atoms with Gasteiger partial charge in [-0.2, -0.15) is 0 Å². The van der Waals surface area contributed by atoms with Crippen molar-refractivity contribution in [2.24, 2.45) is 11.1 Å². The van der Waals surface area contributed by atoms with Gasteiger partial charge < -0.3 is 5.21 Å². The van der Waals surface area contributed by atoms with Crippen LogP contribution >= 0.6 is 0 Å². The molecule has 1 aromatic carbocycles. The Hall–Kier alpha value is -1.38. The molecule has 1 aliphatic rings. The summed E-state index contributed by atoms with van der Waals surface area (Å²) >= 11 is 0. The van der Waals surface area contributed by atoms with Crippen LogP contribution in [0.4, 0.5) is 4.39 Å². The van der Waals surface area contributed by atoms with Crippen LogP contribution in [0.2, 0.25) is 0 Å². The van der Waals surface area contributed by atoms with Gasteiger partial charge in [-0.15, -0.1) is 0 Å². The lowest BCUT2D eigenvalue weighted by Gasteiger charge is -2.22. The monoisotopic (exact) mass is 235 g/mol. The van der Waals surface area contributed by atoms with E-state index in [9.17, 15) is 4.39 Å². The van der Waals surface area contributed by atoms with Crippen LogP contribution in [-0.2, 0) is 6.42 Å². The van der Waals surface area contributed by atoms with E-state index < -0.39 is 0 Å². The Morgan fingerprint density at radius 1 is 1.29 bits per heavy atom. The minimum atomic E-state index is -0.233. The van der Waals surface area contributed by atoms with Crippen molar-refractivity contribution in [2.45, 2.75) is 38.5 Å². The van der Waals surface area contributed by atoms with Gasteiger partial charge in [0.2, 0.25) is 0 Å². The SMILES string of the molecule is ON=C(Cc1cccc(F)c1)C1CCCCC1. The molecule has 1 fully saturated rings. The van der Waals surface area contributed by atoms with Crippen LogP contribution in [0.25, 0.3) is 0 Å². The molecule has 0 aliphatic heterocycles. The molecule has 0 aromatic heterocycles. The summed E-state index contributed by atoms with van der Waals surface area (Å²) in [5, 5.41) is 12.5. The van der Waals surface area contributed by atoms with Gasteiger partial charge in [0.1, 0.15) is 5.82 Å². The summed E-state index contributed by atoms with van der Waals surface area (Å²) in [6.07, 6.45) is 6.41. The smallest absolute Gasteiger partial charge is 0.123 e. The van der Waals surface area contributed by atoms with Crippen molar-refractivity contribution >= 4 is 5.71 Å². The highest BCUT2D eigenvalue weighted by atomic mass is 19.1. The van der Waals surface area contributed by atoms with Crippen molar-refractivity contribution in [3.63, 3.8) is 0 Å². The van der Waals surface area contributed by atoms with E-state index in [-0.39, 0.29) is 5.82 Å². The summed E-state index contributed by atoms with van der Waals surface area (Å²) in [5.41, 5.74) is 1.68. The van der Waals surface area contributed by atoms with Gasteiger partial charge in [-0.1, -0.05) is 36.6 Å². The first-order chi connectivity index (χ1) is 8.29. The van der Waals surface area contributed by atoms with Crippen molar-refractivity contribution in [3.05, 3.63) is 35.6 Å². The van der Waals surface area contributed by atoms with Gasteiger partial charge in [0.25, 0.3) is 0 Å². The third-order valence-corrected chi connectivity index (χ3v) is 3.48. The van der Waals surface area contributed by atoms with Gasteiger partial charge >= 0.3 is 0 Å². The third-order valence-electron chi connectivity index (χ3n) is 3.48.